The molecular formula is C15H11Cl3N2OS. The molecule has 0 unspecified atom stereocenters. The number of aryl methyl sites for hydroxylation is 2. The number of hydrogen-bond donors (Lipinski definition) is 0. The number of rotatable bonds is 2. The van der Waals surface area contributed by atoms with Crippen LogP contribution in [-0.2, 0) is 6.54 Å². The number of nitrogens with zero attached hydrogens (tertiary/aromatic N) is 2. The first-order valence-electron chi connectivity index (χ1n) is 6.47. The van der Waals surface area contributed by atoms with E-state index in [0.717, 1.165) is 15.3 Å². The third-order valence-electron chi connectivity index (χ3n) is 3.62. The van der Waals surface area contributed by atoms with E-state index in [1.54, 1.807) is 12.1 Å². The van der Waals surface area contributed by atoms with Gasteiger partial charge in [-0.3, -0.25) is 9.36 Å². The van der Waals surface area contributed by atoms with Crippen molar-refractivity contribution in [1.82, 2.24) is 9.55 Å². The van der Waals surface area contributed by atoms with Gasteiger partial charge < -0.3 is 0 Å². The molecule has 3 nitrogen and oxygen atoms in total. The fraction of sp³-hybridized carbons (Fsp3) is 0.200. The normalized spacial score (nSPS) is 11.3. The van der Waals surface area contributed by atoms with Gasteiger partial charge in [-0.1, -0.05) is 34.8 Å². The molecule has 0 bridgehead atoms. The molecule has 0 atom stereocenters. The Balaban J connectivity index is 2.17. The second-order valence-corrected chi connectivity index (χ2v) is 7.36. The maximum atomic E-state index is 12.7. The van der Waals surface area contributed by atoms with Gasteiger partial charge in [-0.2, -0.15) is 0 Å². The Labute approximate surface area is 146 Å². The lowest BCUT2D eigenvalue weighted by Gasteiger charge is -2.10. The molecule has 0 saturated heterocycles. The molecule has 22 heavy (non-hydrogen) atoms. The zero-order valence-corrected chi connectivity index (χ0v) is 14.9. The molecule has 0 saturated carbocycles. The molecule has 0 aliphatic carbocycles. The average molecular weight is 374 g/mol. The summed E-state index contributed by atoms with van der Waals surface area (Å²) in [5, 5.41) is 1.89. The van der Waals surface area contributed by atoms with Gasteiger partial charge in [0.1, 0.15) is 4.83 Å². The van der Waals surface area contributed by atoms with Crippen LogP contribution in [0, 0.1) is 13.8 Å². The van der Waals surface area contributed by atoms with Crippen LogP contribution in [0.5, 0.6) is 0 Å². The molecule has 0 N–H and O–H groups in total. The summed E-state index contributed by atoms with van der Waals surface area (Å²) in [5.41, 5.74) is 1.48. The van der Waals surface area contributed by atoms with Crippen LogP contribution < -0.4 is 5.56 Å². The van der Waals surface area contributed by atoms with Gasteiger partial charge in [-0.05, 0) is 31.5 Å². The lowest BCUT2D eigenvalue weighted by atomic mass is 10.2. The van der Waals surface area contributed by atoms with Crippen LogP contribution >= 0.6 is 46.1 Å². The van der Waals surface area contributed by atoms with Crippen LogP contribution in [0.25, 0.3) is 10.2 Å². The van der Waals surface area contributed by atoms with E-state index in [1.165, 1.54) is 22.2 Å². The van der Waals surface area contributed by atoms with Crippen LogP contribution in [0.4, 0.5) is 0 Å². The lowest BCUT2D eigenvalue weighted by molar-refractivity contribution is 0.749. The molecule has 0 amide bonds. The first-order chi connectivity index (χ1) is 10.4. The molecule has 2 heterocycles. The predicted octanol–water partition coefficient (Wildman–Crippen LogP) is 5.08. The minimum atomic E-state index is -0.0982. The van der Waals surface area contributed by atoms with E-state index in [2.05, 4.69) is 4.98 Å². The summed E-state index contributed by atoms with van der Waals surface area (Å²) >= 11 is 19.9. The summed E-state index contributed by atoms with van der Waals surface area (Å²) in [5.74, 6) is 0. The van der Waals surface area contributed by atoms with Gasteiger partial charge in [0.15, 0.2) is 0 Å². The average Bonchev–Trinajstić information content (AvgIpc) is 2.77. The Bertz CT molecular complexity index is 946. The lowest BCUT2D eigenvalue weighted by Crippen LogP contribution is -2.21. The summed E-state index contributed by atoms with van der Waals surface area (Å²) in [7, 11) is 0. The summed E-state index contributed by atoms with van der Waals surface area (Å²) in [4.78, 5) is 18.9. The molecule has 114 valence electrons. The molecule has 0 spiro atoms. The fourth-order valence-corrected chi connectivity index (χ4v) is 3.92. The second-order valence-electron chi connectivity index (χ2n) is 4.96. The van der Waals surface area contributed by atoms with E-state index in [-0.39, 0.29) is 12.1 Å². The van der Waals surface area contributed by atoms with Gasteiger partial charge in [-0.25, -0.2) is 4.98 Å². The Morgan fingerprint density at radius 2 is 1.86 bits per heavy atom. The minimum Gasteiger partial charge on any atom is -0.294 e. The summed E-state index contributed by atoms with van der Waals surface area (Å²) in [6.45, 7) is 4.14. The van der Waals surface area contributed by atoms with Gasteiger partial charge in [-0.15, -0.1) is 11.3 Å². The Kier molecular flexibility index (Phi) is 4.21. The van der Waals surface area contributed by atoms with E-state index >= 15 is 0 Å². The molecule has 0 fully saturated rings. The molecule has 3 aromatic rings. The highest BCUT2D eigenvalue weighted by atomic mass is 35.5. The molecule has 0 aliphatic rings. The topological polar surface area (TPSA) is 34.9 Å². The molecule has 7 heteroatoms. The molecule has 2 aromatic heterocycles. The number of benzene rings is 1. The smallest absolute Gasteiger partial charge is 0.262 e. The van der Waals surface area contributed by atoms with E-state index in [4.69, 9.17) is 34.8 Å². The predicted molar refractivity (Wildman–Crippen MR) is 93.9 cm³/mol. The van der Waals surface area contributed by atoms with Crippen LogP contribution in [0.15, 0.2) is 23.3 Å². The second kappa shape index (κ2) is 5.85. The number of thiophene rings is 1. The highest BCUT2D eigenvalue weighted by Crippen LogP contribution is 2.32. The van der Waals surface area contributed by atoms with Gasteiger partial charge in [0.05, 0.1) is 28.3 Å². The van der Waals surface area contributed by atoms with E-state index in [9.17, 15) is 4.79 Å². The molecule has 1 aromatic carbocycles. The van der Waals surface area contributed by atoms with Crippen molar-refractivity contribution in [3.63, 3.8) is 0 Å². The van der Waals surface area contributed by atoms with Crippen molar-refractivity contribution >= 4 is 56.4 Å². The Morgan fingerprint density at radius 1 is 1.18 bits per heavy atom. The number of aromatic nitrogens is 2. The van der Waals surface area contributed by atoms with Gasteiger partial charge in [0.2, 0.25) is 0 Å². The molecule has 0 radical (unpaired) electrons. The van der Waals surface area contributed by atoms with Gasteiger partial charge >= 0.3 is 0 Å². The third kappa shape index (κ3) is 2.54. The van der Waals surface area contributed by atoms with Crippen LogP contribution in [0.1, 0.15) is 16.0 Å². The number of hydrogen-bond acceptors (Lipinski definition) is 3. The van der Waals surface area contributed by atoms with Crippen molar-refractivity contribution in [3.05, 3.63) is 59.9 Å². The van der Waals surface area contributed by atoms with Crippen molar-refractivity contribution in [2.45, 2.75) is 20.4 Å². The van der Waals surface area contributed by atoms with Gasteiger partial charge in [0.25, 0.3) is 5.56 Å². The third-order valence-corrected chi connectivity index (χ3v) is 5.94. The van der Waals surface area contributed by atoms with Crippen LogP contribution in [-0.4, -0.2) is 9.55 Å². The maximum absolute atomic E-state index is 12.7. The van der Waals surface area contributed by atoms with Crippen LogP contribution in [0.2, 0.25) is 15.1 Å². The van der Waals surface area contributed by atoms with Crippen molar-refractivity contribution in [2.24, 2.45) is 0 Å². The molecule has 0 aliphatic heterocycles. The monoisotopic (exact) mass is 372 g/mol. The zero-order chi connectivity index (χ0) is 16.0. The quantitative estimate of drug-likeness (QED) is 0.587. The number of halogens is 3. The maximum Gasteiger partial charge on any atom is 0.262 e. The Hall–Kier alpha value is -1.07. The van der Waals surface area contributed by atoms with Crippen LogP contribution in [0.3, 0.4) is 0 Å². The standard InChI is InChI=1S/C15H11Cl3N2OS/c1-7-8(2)22-14-12(7)15(21)20(6-19-14)5-9-10(16)3-4-11(17)13(9)18/h3-4,6H,5H2,1-2H3. The fourth-order valence-electron chi connectivity index (χ4n) is 2.27. The van der Waals surface area contributed by atoms with Crippen molar-refractivity contribution in [3.8, 4) is 0 Å². The first-order valence-corrected chi connectivity index (χ1v) is 8.42. The van der Waals surface area contributed by atoms with Crippen molar-refractivity contribution in [2.75, 3.05) is 0 Å². The Morgan fingerprint density at radius 3 is 2.59 bits per heavy atom. The molecule has 3 rings (SSSR count). The largest absolute Gasteiger partial charge is 0.294 e. The van der Waals surface area contributed by atoms with E-state index < -0.39 is 0 Å². The SMILES string of the molecule is Cc1sc2ncn(Cc3c(Cl)ccc(Cl)c3Cl)c(=O)c2c1C. The molecular weight excluding hydrogens is 363 g/mol. The zero-order valence-electron chi connectivity index (χ0n) is 11.8. The van der Waals surface area contributed by atoms with E-state index in [1.807, 2.05) is 13.8 Å². The van der Waals surface area contributed by atoms with Crippen molar-refractivity contribution < 1.29 is 0 Å². The van der Waals surface area contributed by atoms with Crippen molar-refractivity contribution in [1.29, 1.82) is 0 Å². The summed E-state index contributed by atoms with van der Waals surface area (Å²) in [6.07, 6.45) is 1.52. The first kappa shape index (κ1) is 15.8. The summed E-state index contributed by atoms with van der Waals surface area (Å²) in [6, 6.07) is 3.30. The minimum absolute atomic E-state index is 0.0982. The highest BCUT2D eigenvalue weighted by molar-refractivity contribution is 7.18. The van der Waals surface area contributed by atoms with E-state index in [0.29, 0.717) is 26.0 Å². The summed E-state index contributed by atoms with van der Waals surface area (Å²) < 4.78 is 1.50. The number of fused-ring (bicyclic) bond motifs is 1. The van der Waals surface area contributed by atoms with Gasteiger partial charge in [0, 0.05) is 15.5 Å². The highest BCUT2D eigenvalue weighted by Gasteiger charge is 2.15.